The molecule has 3 rings (SSSR count). The Morgan fingerprint density at radius 3 is 2.38 bits per heavy atom. The Balaban J connectivity index is 1.84. The maximum atomic E-state index is 12.3. The van der Waals surface area contributed by atoms with E-state index >= 15 is 0 Å². The average molecular weight is 435 g/mol. The van der Waals surface area contributed by atoms with Crippen LogP contribution < -0.4 is 5.73 Å². The molecule has 3 saturated heterocycles. The molecule has 8 atom stereocenters. The first-order valence-electron chi connectivity index (χ1n) is 8.17. The predicted molar refractivity (Wildman–Crippen MR) is 90.5 cm³/mol. The fourth-order valence-corrected chi connectivity index (χ4v) is 5.73. The van der Waals surface area contributed by atoms with E-state index in [1.165, 1.54) is 0 Å². The lowest BCUT2D eigenvalue weighted by atomic mass is 9.96. The number of fused-ring (bicyclic) bond motifs is 3. The molecule has 3 aliphatic heterocycles. The number of phosphoric ester groups is 2. The number of hydrogen-bond donors (Lipinski definition) is 4. The molecule has 26 heavy (non-hydrogen) atoms. The highest BCUT2D eigenvalue weighted by atomic mass is 32.1. The van der Waals surface area contributed by atoms with Crippen LogP contribution in [-0.2, 0) is 36.7 Å². The van der Waals surface area contributed by atoms with Gasteiger partial charge in [0, 0.05) is 18.9 Å². The number of rotatable bonds is 2. The van der Waals surface area contributed by atoms with Crippen molar-refractivity contribution in [3.8, 4) is 0 Å². The SMILES string of the molecule is NCCC1C2COP(=O)(O)O[C@@H]3CCOC3COP(=O)(O)OC1C(S)O2. The normalized spacial score (nSPS) is 50.5. The lowest BCUT2D eigenvalue weighted by molar-refractivity contribution is -0.0180. The van der Waals surface area contributed by atoms with Crippen LogP contribution in [-0.4, -0.2) is 66.0 Å². The third-order valence-corrected chi connectivity index (χ3v) is 6.88. The molecule has 2 bridgehead atoms. The molecule has 0 amide bonds. The molecule has 11 nitrogen and oxygen atoms in total. The molecule has 3 fully saturated rings. The Morgan fingerprint density at radius 1 is 1.04 bits per heavy atom. The standard InChI is InChI=1S/C12H23NO10P2S/c13-3-1-7-9-5-19-24(14,15)22-8-2-4-18-10(8)6-20-25(16,17)23-11(7)12(26)21-9/h7-12,26H,1-6,13H2,(H,14,15)(H,16,17)/t7?,8-,9?,10?,11?,12?/m1/s1. The van der Waals surface area contributed by atoms with Gasteiger partial charge in [-0.25, -0.2) is 9.13 Å². The van der Waals surface area contributed by atoms with Crippen LogP contribution in [0.2, 0.25) is 0 Å². The van der Waals surface area contributed by atoms with Gasteiger partial charge in [0.15, 0.2) is 0 Å². The van der Waals surface area contributed by atoms with Crippen LogP contribution in [0.5, 0.6) is 0 Å². The highest BCUT2D eigenvalue weighted by Crippen LogP contribution is 2.52. The largest absolute Gasteiger partial charge is 0.472 e. The van der Waals surface area contributed by atoms with Crippen molar-refractivity contribution >= 4 is 28.3 Å². The van der Waals surface area contributed by atoms with Crippen LogP contribution in [0, 0.1) is 5.92 Å². The summed E-state index contributed by atoms with van der Waals surface area (Å²) in [6.45, 7) is -0.147. The zero-order valence-corrected chi connectivity index (χ0v) is 16.5. The summed E-state index contributed by atoms with van der Waals surface area (Å²) < 4.78 is 55.9. The van der Waals surface area contributed by atoms with Crippen LogP contribution in [0.1, 0.15) is 12.8 Å². The van der Waals surface area contributed by atoms with Gasteiger partial charge in [-0.3, -0.25) is 18.1 Å². The summed E-state index contributed by atoms with van der Waals surface area (Å²) >= 11 is 4.22. The summed E-state index contributed by atoms with van der Waals surface area (Å²) in [7, 11) is -8.85. The molecule has 3 heterocycles. The molecule has 0 saturated carbocycles. The van der Waals surface area contributed by atoms with Crippen molar-refractivity contribution in [1.82, 2.24) is 0 Å². The van der Waals surface area contributed by atoms with Crippen molar-refractivity contribution in [2.45, 2.75) is 42.7 Å². The third-order valence-electron chi connectivity index (χ3n) is 4.47. The van der Waals surface area contributed by atoms with Crippen LogP contribution in [0.15, 0.2) is 0 Å². The highest BCUT2D eigenvalue weighted by molar-refractivity contribution is 7.80. The fourth-order valence-electron chi connectivity index (χ4n) is 3.24. The maximum Gasteiger partial charge on any atom is 0.472 e. The monoisotopic (exact) mass is 435 g/mol. The Kier molecular flexibility index (Phi) is 6.87. The summed E-state index contributed by atoms with van der Waals surface area (Å²) in [5.74, 6) is -0.483. The number of ether oxygens (including phenoxy) is 2. The third kappa shape index (κ3) is 5.08. The van der Waals surface area contributed by atoms with Gasteiger partial charge >= 0.3 is 15.6 Å². The maximum absolute atomic E-state index is 12.3. The lowest BCUT2D eigenvalue weighted by Gasteiger charge is -2.24. The van der Waals surface area contributed by atoms with E-state index in [1.807, 2.05) is 0 Å². The van der Waals surface area contributed by atoms with Crippen LogP contribution in [0.4, 0.5) is 0 Å². The average Bonchev–Trinajstić information content (AvgIpc) is 3.09. The van der Waals surface area contributed by atoms with Gasteiger partial charge in [0.1, 0.15) is 23.7 Å². The summed E-state index contributed by atoms with van der Waals surface area (Å²) in [4.78, 5) is 20.0. The minimum absolute atomic E-state index is 0.243. The molecule has 152 valence electrons. The van der Waals surface area contributed by atoms with Crippen molar-refractivity contribution in [1.29, 1.82) is 0 Å². The Hall–Kier alpha value is 0.450. The second kappa shape index (κ2) is 8.44. The van der Waals surface area contributed by atoms with E-state index in [-0.39, 0.29) is 26.4 Å². The summed E-state index contributed by atoms with van der Waals surface area (Å²) in [5, 5.41) is 0. The molecule has 0 aromatic heterocycles. The van der Waals surface area contributed by atoms with Gasteiger partial charge < -0.3 is 25.0 Å². The first kappa shape index (κ1) is 21.2. The van der Waals surface area contributed by atoms with Crippen molar-refractivity contribution in [2.75, 3.05) is 26.4 Å². The Labute approximate surface area is 156 Å². The summed E-state index contributed by atoms with van der Waals surface area (Å²) in [5.41, 5.74) is 4.74. The molecule has 0 aromatic rings. The van der Waals surface area contributed by atoms with Gasteiger partial charge in [0.05, 0.1) is 19.3 Å². The zero-order valence-electron chi connectivity index (χ0n) is 13.8. The second-order valence-electron chi connectivity index (χ2n) is 6.25. The molecule has 3 aliphatic rings. The molecular formula is C12H23NO10P2S. The van der Waals surface area contributed by atoms with Crippen molar-refractivity contribution in [3.63, 3.8) is 0 Å². The molecule has 14 heteroatoms. The second-order valence-corrected chi connectivity index (χ2v) is 9.57. The van der Waals surface area contributed by atoms with Crippen LogP contribution in [0.3, 0.4) is 0 Å². The first-order chi connectivity index (χ1) is 12.2. The lowest BCUT2D eigenvalue weighted by Crippen LogP contribution is -2.32. The predicted octanol–water partition coefficient (Wildman–Crippen LogP) is 0.413. The van der Waals surface area contributed by atoms with Crippen LogP contribution >= 0.6 is 28.3 Å². The molecule has 4 N–H and O–H groups in total. The van der Waals surface area contributed by atoms with E-state index in [1.54, 1.807) is 0 Å². The molecule has 0 aromatic carbocycles. The van der Waals surface area contributed by atoms with Crippen LogP contribution in [0.25, 0.3) is 0 Å². The van der Waals surface area contributed by atoms with Gasteiger partial charge in [0.25, 0.3) is 0 Å². The van der Waals surface area contributed by atoms with E-state index in [9.17, 15) is 18.9 Å². The van der Waals surface area contributed by atoms with Crippen molar-refractivity contribution in [2.24, 2.45) is 11.7 Å². The van der Waals surface area contributed by atoms with E-state index in [0.717, 1.165) is 0 Å². The summed E-state index contributed by atoms with van der Waals surface area (Å²) in [6.07, 6.45) is -2.57. The van der Waals surface area contributed by atoms with Gasteiger partial charge in [-0.2, -0.15) is 0 Å². The molecule has 7 unspecified atom stereocenters. The van der Waals surface area contributed by atoms with Gasteiger partial charge in [0.2, 0.25) is 0 Å². The first-order valence-corrected chi connectivity index (χ1v) is 11.7. The summed E-state index contributed by atoms with van der Waals surface area (Å²) in [6, 6.07) is 0. The molecular weight excluding hydrogens is 412 g/mol. The topological polar surface area (TPSA) is 156 Å². The number of nitrogens with two attached hydrogens (primary N) is 1. The number of hydrogen-bond acceptors (Lipinski definition) is 10. The minimum atomic E-state index is -4.46. The fraction of sp³-hybridized carbons (Fsp3) is 1.00. The van der Waals surface area contributed by atoms with E-state index in [0.29, 0.717) is 12.8 Å². The van der Waals surface area contributed by atoms with Crippen molar-refractivity contribution < 1.29 is 46.5 Å². The Bertz CT molecular complexity index is 596. The van der Waals surface area contributed by atoms with Gasteiger partial charge in [-0.05, 0) is 13.0 Å². The molecule has 0 radical (unpaired) electrons. The molecule has 0 aliphatic carbocycles. The quantitative estimate of drug-likeness (QED) is 0.352. The smallest absolute Gasteiger partial charge is 0.373 e. The van der Waals surface area contributed by atoms with Crippen molar-refractivity contribution in [3.05, 3.63) is 0 Å². The minimum Gasteiger partial charge on any atom is -0.373 e. The Morgan fingerprint density at radius 2 is 1.69 bits per heavy atom. The number of thiol groups is 1. The van der Waals surface area contributed by atoms with E-state index < -0.39 is 51.4 Å². The van der Waals surface area contributed by atoms with Gasteiger partial charge in [-0.15, -0.1) is 12.6 Å². The van der Waals surface area contributed by atoms with E-state index in [2.05, 4.69) is 12.6 Å². The highest BCUT2D eigenvalue weighted by Gasteiger charge is 2.48. The molecule has 0 spiro atoms. The zero-order chi connectivity index (χ0) is 18.9. The number of phosphoric acid groups is 2. The van der Waals surface area contributed by atoms with E-state index in [4.69, 9.17) is 33.3 Å². The van der Waals surface area contributed by atoms with Gasteiger partial charge in [-0.1, -0.05) is 0 Å².